The number of benzene rings is 1. The fraction of sp³-hybridized carbons (Fsp3) is 0.0833. The van der Waals surface area contributed by atoms with Crippen molar-refractivity contribution in [3.8, 4) is 11.5 Å². The summed E-state index contributed by atoms with van der Waals surface area (Å²) in [5.41, 5.74) is 3.94. The van der Waals surface area contributed by atoms with Gasteiger partial charge in [-0.05, 0) is 18.6 Å². The van der Waals surface area contributed by atoms with E-state index < -0.39 is 0 Å². The van der Waals surface area contributed by atoms with Crippen LogP contribution in [0.5, 0.6) is 0 Å². The number of H-pyrrole nitrogens is 1. The summed E-state index contributed by atoms with van der Waals surface area (Å²) in [5, 5.41) is 0. The van der Waals surface area contributed by atoms with Crippen LogP contribution >= 0.6 is 0 Å². The van der Waals surface area contributed by atoms with Gasteiger partial charge in [0.05, 0.1) is 17.2 Å². The maximum atomic E-state index is 4.52. The zero-order valence-corrected chi connectivity index (χ0v) is 8.81. The first kappa shape index (κ1) is 9.03. The van der Waals surface area contributed by atoms with Crippen molar-refractivity contribution >= 4 is 11.0 Å². The summed E-state index contributed by atoms with van der Waals surface area (Å²) in [6.07, 6.45) is 5.01. The Morgan fingerprint density at radius 2 is 2.12 bits per heavy atom. The van der Waals surface area contributed by atoms with E-state index in [0.29, 0.717) is 0 Å². The molecule has 2 aromatic heterocycles. The van der Waals surface area contributed by atoms with E-state index in [1.807, 2.05) is 25.1 Å². The second-order valence-electron chi connectivity index (χ2n) is 3.65. The topological polar surface area (TPSA) is 54.5 Å². The minimum atomic E-state index is 0.761. The van der Waals surface area contributed by atoms with Crippen LogP contribution in [0.3, 0.4) is 0 Å². The number of aromatic nitrogens is 4. The molecular weight excluding hydrogens is 200 g/mol. The molecule has 0 bridgehead atoms. The molecule has 0 radical (unpaired) electrons. The van der Waals surface area contributed by atoms with Crippen molar-refractivity contribution in [2.24, 2.45) is 0 Å². The van der Waals surface area contributed by atoms with Crippen molar-refractivity contribution in [1.82, 2.24) is 19.9 Å². The third-order valence-corrected chi connectivity index (χ3v) is 2.52. The van der Waals surface area contributed by atoms with E-state index in [1.165, 1.54) is 0 Å². The van der Waals surface area contributed by atoms with Gasteiger partial charge in [-0.3, -0.25) is 4.98 Å². The van der Waals surface area contributed by atoms with Crippen LogP contribution in [0.4, 0.5) is 0 Å². The molecule has 0 amide bonds. The van der Waals surface area contributed by atoms with Gasteiger partial charge in [0, 0.05) is 12.4 Å². The highest BCUT2D eigenvalue weighted by molar-refractivity contribution is 5.81. The van der Waals surface area contributed by atoms with E-state index in [4.69, 9.17) is 0 Å². The predicted molar refractivity (Wildman–Crippen MR) is 61.9 cm³/mol. The third-order valence-electron chi connectivity index (χ3n) is 2.52. The molecule has 3 rings (SSSR count). The van der Waals surface area contributed by atoms with Crippen molar-refractivity contribution in [3.63, 3.8) is 0 Å². The molecule has 78 valence electrons. The molecule has 0 unspecified atom stereocenters. The molecule has 4 heteroatoms. The van der Waals surface area contributed by atoms with E-state index in [9.17, 15) is 0 Å². The summed E-state index contributed by atoms with van der Waals surface area (Å²) in [5.74, 6) is 0.761. The molecule has 0 atom stereocenters. The van der Waals surface area contributed by atoms with Crippen molar-refractivity contribution < 1.29 is 0 Å². The number of aromatic amines is 1. The molecule has 3 aromatic rings. The van der Waals surface area contributed by atoms with E-state index in [2.05, 4.69) is 19.9 Å². The quantitative estimate of drug-likeness (QED) is 0.670. The van der Waals surface area contributed by atoms with Crippen LogP contribution in [0.15, 0.2) is 36.8 Å². The number of imidazole rings is 1. The lowest BCUT2D eigenvalue weighted by molar-refractivity contribution is 1.17. The minimum absolute atomic E-state index is 0.761. The molecule has 4 nitrogen and oxygen atoms in total. The summed E-state index contributed by atoms with van der Waals surface area (Å²) in [4.78, 5) is 16.0. The van der Waals surface area contributed by atoms with Crippen molar-refractivity contribution in [3.05, 3.63) is 42.4 Å². The zero-order valence-electron chi connectivity index (χ0n) is 8.81. The second kappa shape index (κ2) is 3.41. The molecule has 0 spiro atoms. The summed E-state index contributed by atoms with van der Waals surface area (Å²) in [7, 11) is 0. The Balaban J connectivity index is 2.23. The molecule has 2 heterocycles. The third kappa shape index (κ3) is 1.35. The number of aryl methyl sites for hydroxylation is 1. The van der Waals surface area contributed by atoms with Gasteiger partial charge >= 0.3 is 0 Å². The lowest BCUT2D eigenvalue weighted by Crippen LogP contribution is -1.85. The lowest BCUT2D eigenvalue weighted by atomic mass is 10.2. The van der Waals surface area contributed by atoms with Crippen molar-refractivity contribution in [1.29, 1.82) is 0 Å². The van der Waals surface area contributed by atoms with Gasteiger partial charge in [-0.1, -0.05) is 12.1 Å². The van der Waals surface area contributed by atoms with E-state index in [0.717, 1.165) is 28.1 Å². The molecule has 0 aliphatic heterocycles. The molecular formula is C12H10N4. The normalized spacial score (nSPS) is 10.8. The van der Waals surface area contributed by atoms with Crippen LogP contribution in [0.1, 0.15) is 5.56 Å². The molecule has 1 N–H and O–H groups in total. The summed E-state index contributed by atoms with van der Waals surface area (Å²) >= 11 is 0. The predicted octanol–water partition coefficient (Wildman–Crippen LogP) is 2.33. The Labute approximate surface area is 92.4 Å². The Hall–Kier alpha value is -2.23. The van der Waals surface area contributed by atoms with Gasteiger partial charge < -0.3 is 4.98 Å². The van der Waals surface area contributed by atoms with Gasteiger partial charge in [0.1, 0.15) is 5.69 Å². The molecule has 1 aromatic carbocycles. The van der Waals surface area contributed by atoms with Crippen molar-refractivity contribution in [2.45, 2.75) is 6.92 Å². The maximum Gasteiger partial charge on any atom is 0.158 e. The maximum absolute atomic E-state index is 4.52. The highest BCUT2D eigenvalue weighted by atomic mass is 15.0. The van der Waals surface area contributed by atoms with Gasteiger partial charge in [-0.25, -0.2) is 9.97 Å². The SMILES string of the molecule is Cc1cccc2[nH]c(-c3cnccn3)nc12. The lowest BCUT2D eigenvalue weighted by Gasteiger charge is -1.91. The Morgan fingerprint density at radius 1 is 1.19 bits per heavy atom. The molecule has 16 heavy (non-hydrogen) atoms. The number of nitrogens with zero attached hydrogens (tertiary/aromatic N) is 3. The number of nitrogens with one attached hydrogen (secondary N) is 1. The highest BCUT2D eigenvalue weighted by Gasteiger charge is 2.07. The van der Waals surface area contributed by atoms with Crippen LogP contribution in [-0.2, 0) is 0 Å². The Bertz CT molecular complexity index is 628. The van der Waals surface area contributed by atoms with Gasteiger partial charge in [-0.15, -0.1) is 0 Å². The van der Waals surface area contributed by atoms with Crippen LogP contribution in [0, 0.1) is 6.92 Å². The Kier molecular flexibility index (Phi) is 1.93. The van der Waals surface area contributed by atoms with Crippen LogP contribution in [0.25, 0.3) is 22.6 Å². The molecule has 0 fully saturated rings. The molecule has 0 aliphatic carbocycles. The highest BCUT2D eigenvalue weighted by Crippen LogP contribution is 2.20. The van der Waals surface area contributed by atoms with Gasteiger partial charge in [0.2, 0.25) is 0 Å². The number of fused-ring (bicyclic) bond motifs is 1. The first-order valence-corrected chi connectivity index (χ1v) is 5.06. The Morgan fingerprint density at radius 3 is 2.88 bits per heavy atom. The van der Waals surface area contributed by atoms with Gasteiger partial charge in [0.15, 0.2) is 5.82 Å². The fourth-order valence-electron chi connectivity index (χ4n) is 1.72. The van der Waals surface area contributed by atoms with E-state index in [1.54, 1.807) is 18.6 Å². The number of rotatable bonds is 1. The monoisotopic (exact) mass is 210 g/mol. The first-order chi connectivity index (χ1) is 7.84. The van der Waals surface area contributed by atoms with Crippen molar-refractivity contribution in [2.75, 3.05) is 0 Å². The minimum Gasteiger partial charge on any atom is -0.337 e. The first-order valence-electron chi connectivity index (χ1n) is 5.06. The van der Waals surface area contributed by atoms with Crippen LogP contribution < -0.4 is 0 Å². The smallest absolute Gasteiger partial charge is 0.158 e. The van der Waals surface area contributed by atoms with Gasteiger partial charge in [0.25, 0.3) is 0 Å². The van der Waals surface area contributed by atoms with Crippen LogP contribution in [-0.4, -0.2) is 19.9 Å². The average molecular weight is 210 g/mol. The average Bonchev–Trinajstić information content (AvgIpc) is 2.76. The summed E-state index contributed by atoms with van der Waals surface area (Å²) in [6.45, 7) is 2.05. The van der Waals surface area contributed by atoms with Gasteiger partial charge in [-0.2, -0.15) is 0 Å². The molecule has 0 saturated carbocycles. The number of hydrogen-bond donors (Lipinski definition) is 1. The second-order valence-corrected chi connectivity index (χ2v) is 3.65. The number of para-hydroxylation sites is 1. The zero-order chi connectivity index (χ0) is 11.0. The molecule has 0 saturated heterocycles. The largest absolute Gasteiger partial charge is 0.337 e. The van der Waals surface area contributed by atoms with Crippen LogP contribution in [0.2, 0.25) is 0 Å². The fourth-order valence-corrected chi connectivity index (χ4v) is 1.72. The van der Waals surface area contributed by atoms with E-state index >= 15 is 0 Å². The number of hydrogen-bond acceptors (Lipinski definition) is 3. The standard InChI is InChI=1S/C12H10N4/c1-8-3-2-4-9-11(8)16-12(15-9)10-7-13-5-6-14-10/h2-7H,1H3,(H,15,16). The van der Waals surface area contributed by atoms with E-state index in [-0.39, 0.29) is 0 Å². The summed E-state index contributed by atoms with van der Waals surface area (Å²) < 4.78 is 0. The summed E-state index contributed by atoms with van der Waals surface area (Å²) in [6, 6.07) is 6.06. The molecule has 0 aliphatic rings.